The van der Waals surface area contributed by atoms with Crippen LogP contribution in [-0.4, -0.2) is 44.4 Å². The molecule has 214 valence electrons. The zero-order valence-electron chi connectivity index (χ0n) is 23.8. The number of ether oxygens (including phenoxy) is 1. The van der Waals surface area contributed by atoms with Crippen LogP contribution in [0.2, 0.25) is 5.02 Å². The lowest BCUT2D eigenvalue weighted by Gasteiger charge is -2.27. The van der Waals surface area contributed by atoms with E-state index in [1.807, 2.05) is 56.3 Å². The summed E-state index contributed by atoms with van der Waals surface area (Å²) >= 11 is 6.48. The van der Waals surface area contributed by atoms with E-state index in [0.29, 0.717) is 23.0 Å². The summed E-state index contributed by atoms with van der Waals surface area (Å²) < 4.78 is 8.63. The monoisotopic (exact) mass is 581 g/mol. The summed E-state index contributed by atoms with van der Waals surface area (Å²) in [6.07, 6.45) is 6.43. The maximum atomic E-state index is 13.1. The molecule has 42 heavy (non-hydrogen) atoms. The first kappa shape index (κ1) is 28.8. The summed E-state index contributed by atoms with van der Waals surface area (Å²) in [7, 11) is 1.37. The number of amides is 1. The number of fused-ring (bicyclic) bond motifs is 3. The number of benzene rings is 3. The summed E-state index contributed by atoms with van der Waals surface area (Å²) in [4.78, 5) is 29.0. The SMILES string of the molecule is COC(=O)/C=C/c1c2n(c3ccc(C)cc13)CC(NC(=O)c1ccc(-n3cnc(C)n3)cc1Cl)CC2.c1ccccc1. The number of halogens is 1. The lowest BCUT2D eigenvalue weighted by molar-refractivity contribution is -0.134. The molecular weight excluding hydrogens is 550 g/mol. The van der Waals surface area contributed by atoms with Crippen LogP contribution in [0.25, 0.3) is 22.7 Å². The average Bonchev–Trinajstić information content (AvgIpc) is 3.57. The highest BCUT2D eigenvalue weighted by Gasteiger charge is 2.26. The van der Waals surface area contributed by atoms with Gasteiger partial charge in [-0.15, -0.1) is 0 Å². The third-order valence-electron chi connectivity index (χ3n) is 7.16. The number of methoxy groups -OCH3 is 1. The highest BCUT2D eigenvalue weighted by Crippen LogP contribution is 2.33. The van der Waals surface area contributed by atoms with E-state index >= 15 is 0 Å². The average molecular weight is 582 g/mol. The van der Waals surface area contributed by atoms with Crippen LogP contribution in [-0.2, 0) is 22.5 Å². The molecule has 1 amide bonds. The van der Waals surface area contributed by atoms with E-state index in [0.717, 1.165) is 46.3 Å². The van der Waals surface area contributed by atoms with Crippen molar-refractivity contribution in [1.29, 1.82) is 0 Å². The highest BCUT2D eigenvalue weighted by atomic mass is 35.5. The summed E-state index contributed by atoms with van der Waals surface area (Å²) in [5.74, 6) is 0.0488. The minimum atomic E-state index is -0.390. The molecule has 6 rings (SSSR count). The number of nitrogens with zero attached hydrogens (tertiary/aromatic N) is 4. The molecule has 1 unspecified atom stereocenters. The number of carbonyl (C=O) groups is 2. The van der Waals surface area contributed by atoms with Gasteiger partial charge in [0, 0.05) is 40.8 Å². The minimum Gasteiger partial charge on any atom is -0.466 e. The third kappa shape index (κ3) is 6.44. The Labute approximate surface area is 249 Å². The van der Waals surface area contributed by atoms with E-state index < -0.39 is 5.97 Å². The van der Waals surface area contributed by atoms with Crippen molar-refractivity contribution in [3.8, 4) is 5.69 Å². The van der Waals surface area contributed by atoms with Crippen molar-refractivity contribution in [3.05, 3.63) is 118 Å². The largest absolute Gasteiger partial charge is 0.466 e. The topological polar surface area (TPSA) is 91.0 Å². The van der Waals surface area contributed by atoms with E-state index in [1.165, 1.54) is 13.2 Å². The molecule has 9 heteroatoms. The number of carbonyl (C=O) groups excluding carboxylic acids is 2. The maximum Gasteiger partial charge on any atom is 0.330 e. The Morgan fingerprint density at radius 1 is 1.05 bits per heavy atom. The molecule has 3 aromatic carbocycles. The predicted octanol–water partition coefficient (Wildman–Crippen LogP) is 6.11. The molecule has 0 saturated heterocycles. The molecule has 2 aromatic heterocycles. The van der Waals surface area contributed by atoms with Crippen molar-refractivity contribution in [2.45, 2.75) is 39.3 Å². The number of hydrogen-bond acceptors (Lipinski definition) is 5. The van der Waals surface area contributed by atoms with Crippen LogP contribution in [0.3, 0.4) is 0 Å². The fraction of sp³-hybridized carbons (Fsp3) is 0.212. The summed E-state index contributed by atoms with van der Waals surface area (Å²) in [6.45, 7) is 4.48. The summed E-state index contributed by atoms with van der Waals surface area (Å²) in [6, 6.07) is 23.5. The van der Waals surface area contributed by atoms with E-state index in [-0.39, 0.29) is 11.9 Å². The van der Waals surface area contributed by atoms with Gasteiger partial charge < -0.3 is 14.6 Å². The Balaban J connectivity index is 0.000000524. The van der Waals surface area contributed by atoms with Crippen molar-refractivity contribution in [2.75, 3.05) is 7.11 Å². The van der Waals surface area contributed by atoms with E-state index in [1.54, 1.807) is 29.2 Å². The number of rotatable bonds is 5. The number of aryl methyl sites for hydroxylation is 2. The van der Waals surface area contributed by atoms with Gasteiger partial charge in [0.25, 0.3) is 5.91 Å². The number of nitrogens with one attached hydrogen (secondary N) is 1. The van der Waals surface area contributed by atoms with Gasteiger partial charge in [0.1, 0.15) is 12.2 Å². The summed E-state index contributed by atoms with van der Waals surface area (Å²) in [5.41, 5.74) is 5.53. The second-order valence-corrected chi connectivity index (χ2v) is 10.5. The number of hydrogen-bond donors (Lipinski definition) is 1. The molecule has 0 bridgehead atoms. The van der Waals surface area contributed by atoms with Gasteiger partial charge in [0.15, 0.2) is 0 Å². The van der Waals surface area contributed by atoms with E-state index in [9.17, 15) is 9.59 Å². The second-order valence-electron chi connectivity index (χ2n) is 10.1. The van der Waals surface area contributed by atoms with Gasteiger partial charge in [-0.05, 0) is 63.1 Å². The summed E-state index contributed by atoms with van der Waals surface area (Å²) in [5, 5.41) is 8.87. The molecule has 0 radical (unpaired) electrons. The van der Waals surface area contributed by atoms with Crippen LogP contribution < -0.4 is 5.32 Å². The molecule has 1 aliphatic heterocycles. The molecule has 5 aromatic rings. The molecule has 1 atom stereocenters. The molecule has 0 fully saturated rings. The lowest BCUT2D eigenvalue weighted by atomic mass is 10.0. The van der Waals surface area contributed by atoms with Crippen molar-refractivity contribution in [1.82, 2.24) is 24.6 Å². The normalized spacial score (nSPS) is 14.2. The van der Waals surface area contributed by atoms with Crippen LogP contribution in [0.15, 0.2) is 85.2 Å². The van der Waals surface area contributed by atoms with Crippen molar-refractivity contribution >= 4 is 40.5 Å². The van der Waals surface area contributed by atoms with Gasteiger partial charge in [-0.3, -0.25) is 4.79 Å². The fourth-order valence-electron chi connectivity index (χ4n) is 5.12. The van der Waals surface area contributed by atoms with Crippen LogP contribution >= 0.6 is 11.6 Å². The Bertz CT molecular complexity index is 1730. The van der Waals surface area contributed by atoms with Gasteiger partial charge >= 0.3 is 5.97 Å². The van der Waals surface area contributed by atoms with Gasteiger partial charge in [-0.2, -0.15) is 5.10 Å². The highest BCUT2D eigenvalue weighted by molar-refractivity contribution is 6.34. The first-order valence-corrected chi connectivity index (χ1v) is 14.1. The molecule has 3 heterocycles. The number of esters is 1. The maximum absolute atomic E-state index is 13.1. The lowest BCUT2D eigenvalue weighted by Crippen LogP contribution is -2.41. The van der Waals surface area contributed by atoms with E-state index in [2.05, 4.69) is 38.2 Å². The van der Waals surface area contributed by atoms with Crippen LogP contribution in [0.5, 0.6) is 0 Å². The predicted molar refractivity (Wildman–Crippen MR) is 165 cm³/mol. The molecule has 0 spiro atoms. The number of aromatic nitrogens is 4. The second kappa shape index (κ2) is 12.9. The van der Waals surface area contributed by atoms with Gasteiger partial charge in [-0.1, -0.05) is 59.6 Å². The van der Waals surface area contributed by atoms with E-state index in [4.69, 9.17) is 16.3 Å². The Kier molecular flexibility index (Phi) is 8.83. The molecular formula is C33H32ClN5O3. The van der Waals surface area contributed by atoms with Gasteiger partial charge in [0.2, 0.25) is 0 Å². The first-order chi connectivity index (χ1) is 20.3. The standard InChI is InChI=1S/C27H26ClN5O3.C6H6/c1-16-4-9-25-22(12-16)20(8-11-26(34)36-3)24-10-5-18(14-32(24)25)30-27(35)21-7-6-19(13-23(21)28)33-15-29-17(2)31-33;1-2-4-6-5-3-1/h4,6-9,11-13,15,18H,5,10,14H2,1-3H3,(H,30,35);1-6H/b11-8+;. The zero-order valence-corrected chi connectivity index (χ0v) is 24.5. The van der Waals surface area contributed by atoms with Crippen LogP contribution in [0.4, 0.5) is 0 Å². The molecule has 1 aliphatic rings. The third-order valence-corrected chi connectivity index (χ3v) is 7.47. The Hall–Kier alpha value is -4.69. The van der Waals surface area contributed by atoms with Gasteiger partial charge in [-0.25, -0.2) is 14.5 Å². The van der Waals surface area contributed by atoms with Crippen molar-refractivity contribution in [3.63, 3.8) is 0 Å². The van der Waals surface area contributed by atoms with Crippen molar-refractivity contribution in [2.24, 2.45) is 0 Å². The fourth-order valence-corrected chi connectivity index (χ4v) is 5.38. The Morgan fingerprint density at radius 3 is 2.43 bits per heavy atom. The molecule has 8 nitrogen and oxygen atoms in total. The Morgan fingerprint density at radius 2 is 1.79 bits per heavy atom. The first-order valence-electron chi connectivity index (χ1n) is 13.7. The molecule has 0 aliphatic carbocycles. The van der Waals surface area contributed by atoms with Crippen molar-refractivity contribution < 1.29 is 14.3 Å². The smallest absolute Gasteiger partial charge is 0.330 e. The molecule has 0 saturated carbocycles. The zero-order chi connectivity index (χ0) is 29.6. The minimum absolute atomic E-state index is 0.0620. The van der Waals surface area contributed by atoms with Crippen LogP contribution in [0.1, 0.15) is 39.4 Å². The van der Waals surface area contributed by atoms with Crippen LogP contribution in [0, 0.1) is 13.8 Å². The quantitative estimate of drug-likeness (QED) is 0.200. The van der Waals surface area contributed by atoms with Gasteiger partial charge in [0.05, 0.1) is 23.4 Å². The molecule has 1 N–H and O–H groups in total.